The van der Waals surface area contributed by atoms with Crippen molar-refractivity contribution in [2.75, 3.05) is 5.73 Å². The number of aliphatic carboxylic acids is 1. The van der Waals surface area contributed by atoms with Crippen LogP contribution in [0.3, 0.4) is 0 Å². The molecule has 0 unspecified atom stereocenters. The Balaban J connectivity index is 0.000000255. The van der Waals surface area contributed by atoms with Gasteiger partial charge >= 0.3 is 12.4 Å². The van der Waals surface area contributed by atoms with Crippen molar-refractivity contribution in [3.8, 4) is 0 Å². The van der Waals surface area contributed by atoms with Crippen LogP contribution < -0.4 is 5.73 Å². The lowest BCUT2D eigenvalue weighted by molar-refractivity contribution is -0.149. The van der Waals surface area contributed by atoms with Crippen LogP contribution in [0.2, 0.25) is 0 Å². The number of thiol groups is 1. The molecule has 14 heavy (non-hydrogen) atoms. The van der Waals surface area contributed by atoms with Crippen molar-refractivity contribution in [2.24, 2.45) is 0 Å². The van der Waals surface area contributed by atoms with Gasteiger partial charge in [0.1, 0.15) is 0 Å². The Kier molecular flexibility index (Phi) is 5.62. The van der Waals surface area contributed by atoms with E-state index in [-0.39, 0.29) is 0 Å². The number of anilines is 1. The highest BCUT2D eigenvalue weighted by atomic mass is 32.1. The molecule has 0 heterocycles. The Morgan fingerprint density at radius 3 is 2.07 bits per heavy atom. The van der Waals surface area contributed by atoms with Crippen LogP contribution in [0.15, 0.2) is 29.2 Å². The molecule has 0 spiro atoms. The molecule has 78 valence electrons. The molecule has 0 bridgehead atoms. The molecule has 0 saturated heterocycles. The summed E-state index contributed by atoms with van der Waals surface area (Å²) in [5.41, 5.74) is 6.18. The fraction of sp³-hybridized carbons (Fsp3) is 0.125. The lowest BCUT2D eigenvalue weighted by Crippen LogP contribution is -2.06. The summed E-state index contributed by atoms with van der Waals surface area (Å²) < 4.78 is 21.1. The van der Waals surface area contributed by atoms with Gasteiger partial charge in [-0.1, -0.05) is 12.1 Å². The number of nitrogens with two attached hydrogens (primary N) is 1. The van der Waals surface area contributed by atoms with Crippen molar-refractivity contribution >= 4 is 24.3 Å². The molecule has 6 heteroatoms. The van der Waals surface area contributed by atoms with Crippen LogP contribution in [0.25, 0.3) is 0 Å². The van der Waals surface area contributed by atoms with Gasteiger partial charge in [0.05, 0.1) is 0 Å². The number of carboxylic acid groups (broad SMARTS) is 1. The normalized spacial score (nSPS) is 9.14. The molecule has 3 N–H and O–H groups in total. The second-order valence-electron chi connectivity index (χ2n) is 2.20. The highest BCUT2D eigenvalue weighted by Crippen LogP contribution is 2.13. The van der Waals surface area contributed by atoms with E-state index in [0.717, 1.165) is 10.6 Å². The summed E-state index contributed by atoms with van der Waals surface area (Å²) in [6.45, 7) is 0. The predicted molar refractivity (Wildman–Crippen MR) is 51.7 cm³/mol. The zero-order valence-corrected chi connectivity index (χ0v) is 7.92. The topological polar surface area (TPSA) is 63.3 Å². The number of alkyl halides is 2. The summed E-state index contributed by atoms with van der Waals surface area (Å²) in [6.07, 6.45) is -3.23. The van der Waals surface area contributed by atoms with E-state index >= 15 is 0 Å². The third-order valence-electron chi connectivity index (χ3n) is 1.12. The zero-order chi connectivity index (χ0) is 11.1. The first-order valence-corrected chi connectivity index (χ1v) is 3.94. The standard InChI is InChI=1S/C6H7NS.C2H2F2O2/c7-5-3-1-2-4-6(5)8;3-1(4)2(5)6/h1-4,8H,7H2;1H,(H,5,6). The molecule has 0 aliphatic rings. The number of hydrogen-bond acceptors (Lipinski definition) is 3. The first-order valence-electron chi connectivity index (χ1n) is 3.49. The predicted octanol–water partition coefficient (Wildman–Crippen LogP) is 1.89. The van der Waals surface area contributed by atoms with Crippen molar-refractivity contribution in [3.05, 3.63) is 24.3 Å². The summed E-state index contributed by atoms with van der Waals surface area (Å²) in [7, 11) is 0. The van der Waals surface area contributed by atoms with Crippen LogP contribution in [0.1, 0.15) is 0 Å². The maximum atomic E-state index is 10.6. The van der Waals surface area contributed by atoms with E-state index in [9.17, 15) is 8.78 Å². The van der Waals surface area contributed by atoms with Gasteiger partial charge in [0, 0.05) is 10.6 Å². The quantitative estimate of drug-likeness (QED) is 0.501. The van der Waals surface area contributed by atoms with Crippen LogP contribution in [-0.2, 0) is 4.79 Å². The Labute approximate surface area is 84.9 Å². The molecular formula is C8H9F2NO2S. The van der Waals surface area contributed by atoms with Gasteiger partial charge in [0.25, 0.3) is 0 Å². The summed E-state index contributed by atoms with van der Waals surface area (Å²) in [6, 6.07) is 7.47. The second kappa shape index (κ2) is 6.20. The summed E-state index contributed by atoms with van der Waals surface area (Å²) >= 11 is 4.07. The SMILES string of the molecule is Nc1ccccc1S.O=C(O)C(F)F. The van der Waals surface area contributed by atoms with Crippen molar-refractivity contribution < 1.29 is 18.7 Å². The maximum Gasteiger partial charge on any atom is 0.371 e. The highest BCUT2D eigenvalue weighted by Gasteiger charge is 2.10. The molecule has 0 amide bonds. The fourth-order valence-corrected chi connectivity index (χ4v) is 0.648. The molecule has 0 radical (unpaired) electrons. The fourth-order valence-electron chi connectivity index (χ4n) is 0.488. The Morgan fingerprint density at radius 1 is 1.43 bits per heavy atom. The molecule has 0 saturated carbocycles. The summed E-state index contributed by atoms with van der Waals surface area (Å²) in [4.78, 5) is 9.79. The van der Waals surface area contributed by atoms with Gasteiger partial charge in [-0.15, -0.1) is 12.6 Å². The average molecular weight is 221 g/mol. The molecule has 0 atom stereocenters. The van der Waals surface area contributed by atoms with E-state index in [1.165, 1.54) is 0 Å². The lowest BCUT2D eigenvalue weighted by atomic mass is 10.3. The first-order chi connectivity index (χ1) is 6.45. The molecule has 0 aromatic heterocycles. The minimum atomic E-state index is -3.23. The van der Waals surface area contributed by atoms with Crippen molar-refractivity contribution in [1.82, 2.24) is 0 Å². The maximum absolute atomic E-state index is 10.6. The Bertz CT molecular complexity index is 286. The Hall–Kier alpha value is -1.30. The molecule has 0 aliphatic carbocycles. The van der Waals surface area contributed by atoms with E-state index in [1.807, 2.05) is 24.3 Å². The van der Waals surface area contributed by atoms with Gasteiger partial charge in [0.15, 0.2) is 0 Å². The van der Waals surface area contributed by atoms with E-state index in [0.29, 0.717) is 0 Å². The number of carboxylic acids is 1. The Morgan fingerprint density at radius 2 is 1.86 bits per heavy atom. The largest absolute Gasteiger partial charge is 0.477 e. The number of halogens is 2. The number of nitrogen functional groups attached to an aromatic ring is 1. The zero-order valence-electron chi connectivity index (χ0n) is 7.02. The van der Waals surface area contributed by atoms with E-state index in [4.69, 9.17) is 15.6 Å². The summed E-state index contributed by atoms with van der Waals surface area (Å²) in [5, 5.41) is 7.24. The van der Waals surface area contributed by atoms with Crippen molar-refractivity contribution in [1.29, 1.82) is 0 Å². The molecule has 0 fully saturated rings. The molecule has 0 aliphatic heterocycles. The van der Waals surface area contributed by atoms with Gasteiger partial charge in [-0.3, -0.25) is 0 Å². The monoisotopic (exact) mass is 221 g/mol. The highest BCUT2D eigenvalue weighted by molar-refractivity contribution is 7.80. The van der Waals surface area contributed by atoms with Crippen LogP contribution >= 0.6 is 12.6 Å². The smallest absolute Gasteiger partial charge is 0.371 e. The number of hydrogen-bond donors (Lipinski definition) is 3. The second-order valence-corrected chi connectivity index (χ2v) is 2.68. The molecule has 3 nitrogen and oxygen atoms in total. The molecular weight excluding hydrogens is 212 g/mol. The first kappa shape index (κ1) is 12.7. The third-order valence-corrected chi connectivity index (χ3v) is 1.53. The van der Waals surface area contributed by atoms with Gasteiger partial charge in [0.2, 0.25) is 0 Å². The number of para-hydroxylation sites is 1. The minimum absolute atomic E-state index is 0.732. The number of carbonyl (C=O) groups is 1. The molecule has 1 aromatic carbocycles. The van der Waals surface area contributed by atoms with Crippen molar-refractivity contribution in [2.45, 2.75) is 11.3 Å². The van der Waals surface area contributed by atoms with E-state index in [2.05, 4.69) is 12.6 Å². The summed E-state index contributed by atoms with van der Waals surface area (Å²) in [5.74, 6) is -2.07. The van der Waals surface area contributed by atoms with E-state index < -0.39 is 12.4 Å². The molecule has 1 rings (SSSR count). The number of rotatable bonds is 1. The van der Waals surface area contributed by atoms with Crippen LogP contribution in [-0.4, -0.2) is 17.5 Å². The third kappa shape index (κ3) is 5.36. The van der Waals surface area contributed by atoms with Crippen LogP contribution in [0.5, 0.6) is 0 Å². The van der Waals surface area contributed by atoms with Crippen LogP contribution in [0.4, 0.5) is 14.5 Å². The minimum Gasteiger partial charge on any atom is -0.477 e. The van der Waals surface area contributed by atoms with Crippen LogP contribution in [0, 0.1) is 0 Å². The molecule has 1 aromatic rings. The van der Waals surface area contributed by atoms with E-state index in [1.54, 1.807) is 0 Å². The average Bonchev–Trinajstić information content (AvgIpc) is 2.11. The number of benzene rings is 1. The van der Waals surface area contributed by atoms with Gasteiger partial charge in [-0.05, 0) is 12.1 Å². The van der Waals surface area contributed by atoms with Crippen molar-refractivity contribution in [3.63, 3.8) is 0 Å². The van der Waals surface area contributed by atoms with Gasteiger partial charge < -0.3 is 10.8 Å². The lowest BCUT2D eigenvalue weighted by Gasteiger charge is -1.92. The van der Waals surface area contributed by atoms with Gasteiger partial charge in [-0.2, -0.15) is 8.78 Å². The van der Waals surface area contributed by atoms with Gasteiger partial charge in [-0.25, -0.2) is 4.79 Å².